The number of aromatic nitrogens is 6. The van der Waals surface area contributed by atoms with E-state index in [-0.39, 0.29) is 43.3 Å². The summed E-state index contributed by atoms with van der Waals surface area (Å²) in [7, 11) is -10.2. The van der Waals surface area contributed by atoms with E-state index in [1.54, 1.807) is 0 Å². The van der Waals surface area contributed by atoms with Crippen LogP contribution in [0.4, 0.5) is 5.82 Å². The van der Waals surface area contributed by atoms with E-state index in [4.69, 9.17) is 68.1 Å². The molecule has 0 spiro atoms. The first-order chi connectivity index (χ1) is 21.7. The number of phosphoric acid groups is 2. The van der Waals surface area contributed by atoms with Gasteiger partial charge in [0.25, 0.3) is 0 Å². The second-order valence-corrected chi connectivity index (χ2v) is 14.3. The molecule has 3 aliphatic rings. The number of aliphatic hydroxyl groups is 2. The maximum absolute atomic E-state index is 13.3. The minimum atomic E-state index is -5.10. The Morgan fingerprint density at radius 3 is 2.26 bits per heavy atom. The molecule has 0 radical (unpaired) electrons. The van der Waals surface area contributed by atoms with E-state index in [1.807, 2.05) is 0 Å². The molecule has 10 unspecified atom stereocenters. The van der Waals surface area contributed by atoms with Crippen LogP contribution in [0, 0.1) is 0 Å². The number of rotatable bonds is 2. The Kier molecular flexibility index (Phi) is 8.37. The summed E-state index contributed by atoms with van der Waals surface area (Å²) < 4.78 is 61.6. The molecule has 24 heteroatoms. The lowest BCUT2D eigenvalue weighted by Crippen LogP contribution is -2.36. The predicted octanol–water partition coefficient (Wildman–Crippen LogP) is 1.95. The highest BCUT2D eigenvalue weighted by molar-refractivity contribution is 7.47. The maximum Gasteiger partial charge on any atom is 0.472 e. The topological polar surface area (TPSA) is 258 Å². The largest absolute Gasteiger partial charge is 0.472 e. The number of fused-ring (bicyclic) bond motifs is 5. The molecule has 7 rings (SSSR count). The minimum Gasteiger partial charge on any atom is -0.387 e. The Bertz CT molecular complexity index is 1930. The van der Waals surface area contributed by atoms with Crippen LogP contribution < -0.4 is 5.73 Å². The van der Waals surface area contributed by atoms with Crippen molar-refractivity contribution in [1.82, 2.24) is 29.1 Å². The van der Waals surface area contributed by atoms with Gasteiger partial charge in [-0.05, 0) is 23.7 Å². The first kappa shape index (κ1) is 32.5. The van der Waals surface area contributed by atoms with Gasteiger partial charge in [-0.15, -0.1) is 0 Å². The summed E-state index contributed by atoms with van der Waals surface area (Å²) in [4.78, 5) is 37.6. The van der Waals surface area contributed by atoms with Gasteiger partial charge in [-0.1, -0.05) is 23.2 Å². The second-order valence-electron chi connectivity index (χ2n) is 10.4. The van der Waals surface area contributed by atoms with E-state index in [0.29, 0.717) is 0 Å². The van der Waals surface area contributed by atoms with E-state index in [1.165, 1.54) is 27.6 Å². The zero-order valence-corrected chi connectivity index (χ0v) is 26.7. The Labute approximate surface area is 271 Å². The van der Waals surface area contributed by atoms with E-state index in [0.717, 1.165) is 6.33 Å². The fourth-order valence-corrected chi connectivity index (χ4v) is 7.95. The van der Waals surface area contributed by atoms with Gasteiger partial charge >= 0.3 is 15.6 Å². The molecule has 248 valence electrons. The van der Waals surface area contributed by atoms with Crippen LogP contribution in [-0.4, -0.2) is 98.9 Å². The van der Waals surface area contributed by atoms with Crippen molar-refractivity contribution in [3.8, 4) is 0 Å². The highest BCUT2D eigenvalue weighted by Crippen LogP contribution is 2.54. The number of aliphatic hydroxyl groups excluding tert-OH is 2. The molecular weight excluding hydrogens is 723 g/mol. The first-order valence-corrected chi connectivity index (χ1v) is 17.3. The normalized spacial score (nSPS) is 37.2. The molecule has 10 atom stereocenters. The molecule has 0 aliphatic carbocycles. The number of anilines is 1. The van der Waals surface area contributed by atoms with Gasteiger partial charge < -0.3 is 35.2 Å². The zero-order chi connectivity index (χ0) is 32.7. The molecule has 3 aromatic heterocycles. The van der Waals surface area contributed by atoms with Crippen LogP contribution in [0.25, 0.3) is 22.2 Å². The van der Waals surface area contributed by atoms with Crippen LogP contribution in [0.2, 0.25) is 15.3 Å². The highest BCUT2D eigenvalue weighted by Gasteiger charge is 2.54. The monoisotopic (exact) mass is 743 g/mol. The number of phosphoric ester groups is 2. The fourth-order valence-electron chi connectivity index (χ4n) is 5.45. The van der Waals surface area contributed by atoms with Crippen molar-refractivity contribution >= 4 is 78.5 Å². The third kappa shape index (κ3) is 5.72. The molecule has 3 aliphatic heterocycles. The standard InChI is InChI=1S/C22H22Cl3N7O12P2/c23-7-1-9-10(2-8(7)24)32(22(25)30-9)21-17-14(33)11(41-21)3-39-45(35,36)43-16-12(4-40-46(37,38)44-17)42-20(15(16)34)31-6-29-13-18(26)27-5-28-19(13)31/h1-2,5-6,11-12,14-17,20-21,33-34H,3-4H2,(H,35,36)(H,37,38)(H2,26,27,28). The summed E-state index contributed by atoms with van der Waals surface area (Å²) in [6.07, 6.45) is -10.1. The number of nitrogens with two attached hydrogens (primary N) is 1. The highest BCUT2D eigenvalue weighted by atomic mass is 35.5. The van der Waals surface area contributed by atoms with Crippen molar-refractivity contribution < 1.29 is 56.7 Å². The quantitative estimate of drug-likeness (QED) is 0.184. The zero-order valence-electron chi connectivity index (χ0n) is 22.7. The second kappa shape index (κ2) is 11.8. The molecule has 6 N–H and O–H groups in total. The van der Waals surface area contributed by atoms with Crippen molar-refractivity contribution in [2.75, 3.05) is 18.9 Å². The predicted molar refractivity (Wildman–Crippen MR) is 156 cm³/mol. The number of benzene rings is 1. The van der Waals surface area contributed by atoms with Crippen molar-refractivity contribution in [2.45, 2.75) is 49.1 Å². The van der Waals surface area contributed by atoms with Gasteiger partial charge in [-0.3, -0.25) is 27.2 Å². The van der Waals surface area contributed by atoms with Gasteiger partial charge in [-0.25, -0.2) is 29.1 Å². The van der Waals surface area contributed by atoms with Crippen LogP contribution in [-0.2, 0) is 36.7 Å². The number of imidazole rings is 2. The number of nitrogens with zero attached hydrogens (tertiary/aromatic N) is 6. The van der Waals surface area contributed by atoms with Crippen LogP contribution in [0.15, 0.2) is 24.8 Å². The van der Waals surface area contributed by atoms with Crippen LogP contribution in [0.3, 0.4) is 0 Å². The number of halogens is 3. The Balaban J connectivity index is 1.21. The Morgan fingerprint density at radius 2 is 1.52 bits per heavy atom. The van der Waals surface area contributed by atoms with Crippen molar-refractivity contribution in [3.63, 3.8) is 0 Å². The third-order valence-electron chi connectivity index (χ3n) is 7.54. The fraction of sp³-hybridized carbons (Fsp3) is 0.455. The molecule has 3 saturated heterocycles. The van der Waals surface area contributed by atoms with E-state index >= 15 is 0 Å². The number of nitrogen functional groups attached to an aromatic ring is 1. The molecule has 46 heavy (non-hydrogen) atoms. The van der Waals surface area contributed by atoms with Gasteiger partial charge in [0.1, 0.15) is 48.5 Å². The van der Waals surface area contributed by atoms with Crippen molar-refractivity contribution in [3.05, 3.63) is 40.1 Å². The third-order valence-corrected chi connectivity index (χ3v) is 10.5. The number of ether oxygens (including phenoxy) is 2. The summed E-state index contributed by atoms with van der Waals surface area (Å²) >= 11 is 18.7. The molecule has 2 bridgehead atoms. The van der Waals surface area contributed by atoms with E-state index in [2.05, 4.69) is 19.9 Å². The van der Waals surface area contributed by atoms with Crippen LogP contribution >= 0.6 is 50.4 Å². The molecule has 0 saturated carbocycles. The summed E-state index contributed by atoms with van der Waals surface area (Å²) in [5, 5.41) is 22.3. The van der Waals surface area contributed by atoms with Gasteiger partial charge in [0.15, 0.2) is 23.9 Å². The van der Waals surface area contributed by atoms with Crippen LogP contribution in [0.1, 0.15) is 12.5 Å². The smallest absolute Gasteiger partial charge is 0.387 e. The SMILES string of the molecule is Nc1ncnc2c1ncn2C1OC2COP(=O)(O)OC3C(O)C(COP(=O)(O)OC2C1O)OC3n1c(Cl)nc2cc(Cl)c(Cl)cc21. The van der Waals surface area contributed by atoms with Gasteiger partial charge in [-0.2, -0.15) is 0 Å². The average Bonchev–Trinajstić information content (AvgIpc) is 3.71. The van der Waals surface area contributed by atoms with Crippen LogP contribution in [0.5, 0.6) is 0 Å². The lowest BCUT2D eigenvalue weighted by atomic mass is 10.1. The molecule has 4 aromatic rings. The number of hydrogen-bond donors (Lipinski definition) is 5. The van der Waals surface area contributed by atoms with Gasteiger partial charge in [0.05, 0.1) is 40.6 Å². The van der Waals surface area contributed by atoms with E-state index < -0.39 is 77.9 Å². The van der Waals surface area contributed by atoms with Gasteiger partial charge in [0.2, 0.25) is 5.28 Å². The molecule has 3 fully saturated rings. The molecule has 19 nitrogen and oxygen atoms in total. The molecule has 0 amide bonds. The Hall–Kier alpha value is -2.03. The molecule has 6 heterocycles. The van der Waals surface area contributed by atoms with Crippen molar-refractivity contribution in [2.24, 2.45) is 0 Å². The average molecular weight is 745 g/mol. The van der Waals surface area contributed by atoms with Gasteiger partial charge in [0, 0.05) is 0 Å². The van der Waals surface area contributed by atoms with Crippen molar-refractivity contribution in [1.29, 1.82) is 0 Å². The lowest BCUT2D eigenvalue weighted by molar-refractivity contribution is -0.0670. The molecular formula is C22H22Cl3N7O12P2. The molecule has 1 aromatic carbocycles. The summed E-state index contributed by atoms with van der Waals surface area (Å²) in [6.45, 7) is -1.62. The number of hydrogen-bond acceptors (Lipinski definition) is 15. The summed E-state index contributed by atoms with van der Waals surface area (Å²) in [5.74, 6) is 0.0409. The maximum atomic E-state index is 13.3. The lowest BCUT2D eigenvalue weighted by Gasteiger charge is -2.26. The first-order valence-electron chi connectivity index (χ1n) is 13.2. The Morgan fingerprint density at radius 1 is 0.870 bits per heavy atom. The minimum absolute atomic E-state index is 0.0409. The summed E-state index contributed by atoms with van der Waals surface area (Å²) in [5.41, 5.74) is 6.69. The summed E-state index contributed by atoms with van der Waals surface area (Å²) in [6, 6.07) is 2.82. The van der Waals surface area contributed by atoms with E-state index in [9.17, 15) is 29.1 Å².